The van der Waals surface area contributed by atoms with Gasteiger partial charge in [0.25, 0.3) is 0 Å². The summed E-state index contributed by atoms with van der Waals surface area (Å²) >= 11 is 0.519. The predicted molar refractivity (Wildman–Crippen MR) is 43.0 cm³/mol. The maximum absolute atomic E-state index is 10.6. The molecule has 0 heterocycles. The van der Waals surface area contributed by atoms with E-state index in [9.17, 15) is 19.5 Å². The first kappa shape index (κ1) is 16.4. The van der Waals surface area contributed by atoms with E-state index in [2.05, 4.69) is 3.53 Å². The predicted octanol–water partition coefficient (Wildman–Crippen LogP) is -4.32. The van der Waals surface area contributed by atoms with E-state index in [1.54, 1.807) is 0 Å². The third-order valence-corrected chi connectivity index (χ3v) is 2.44. The third kappa shape index (κ3) is 4.83. The van der Waals surface area contributed by atoms with Crippen LogP contribution in [-0.2, 0) is 17.9 Å². The fourth-order valence-electron chi connectivity index (χ4n) is 0.857. The van der Waals surface area contributed by atoms with Crippen molar-refractivity contribution in [2.45, 2.75) is 18.4 Å². The van der Waals surface area contributed by atoms with Gasteiger partial charge >= 0.3 is 88.5 Å². The summed E-state index contributed by atoms with van der Waals surface area (Å²) in [5.41, 5.74) is -2.16. The minimum absolute atomic E-state index is 0. The van der Waals surface area contributed by atoms with Crippen molar-refractivity contribution in [2.75, 3.05) is 0 Å². The molecule has 9 heteroatoms. The summed E-state index contributed by atoms with van der Waals surface area (Å²) in [5, 5.41) is 23.8. The zero-order valence-electron chi connectivity index (χ0n) is 7.48. The number of carboxylic acid groups (broad SMARTS) is 1. The van der Waals surface area contributed by atoms with Crippen LogP contribution in [0.2, 0.25) is 0 Å². The first-order chi connectivity index (χ1) is 6.34. The van der Waals surface area contributed by atoms with Gasteiger partial charge in [0.2, 0.25) is 0 Å². The number of hydrogen-bond acceptors (Lipinski definition) is 6. The molecule has 0 saturated carbocycles. The van der Waals surface area contributed by atoms with Crippen LogP contribution in [0.3, 0.4) is 0 Å². The largest absolute Gasteiger partial charge is 0.870 e. The molecule has 15 heavy (non-hydrogen) atoms. The molecule has 0 aliphatic carbocycles. The van der Waals surface area contributed by atoms with Crippen LogP contribution in [0.4, 0.5) is 0 Å². The molecule has 0 amide bonds. The molecule has 0 aromatic heterocycles. The monoisotopic (exact) mass is 278 g/mol. The quantitative estimate of drug-likeness (QED) is 0.353. The molecule has 0 saturated heterocycles. The van der Waals surface area contributed by atoms with Crippen molar-refractivity contribution in [3.8, 4) is 0 Å². The summed E-state index contributed by atoms with van der Waals surface area (Å²) in [4.78, 5) is 31.5. The Kier molecular flexibility index (Phi) is 7.05. The van der Waals surface area contributed by atoms with Crippen LogP contribution >= 0.6 is 0 Å². The summed E-state index contributed by atoms with van der Waals surface area (Å²) in [7, 11) is 0. The third-order valence-electron chi connectivity index (χ3n) is 1.49. The number of carbonyl (C=O) groups is 3. The van der Waals surface area contributed by atoms with Gasteiger partial charge in [-0.25, -0.2) is 0 Å². The summed E-state index contributed by atoms with van der Waals surface area (Å²) in [5.74, 6) is -4.13. The van der Waals surface area contributed by atoms with Crippen LogP contribution in [0.15, 0.2) is 0 Å². The van der Waals surface area contributed by atoms with Gasteiger partial charge in [-0.2, -0.15) is 0 Å². The van der Waals surface area contributed by atoms with Gasteiger partial charge in [0.15, 0.2) is 0 Å². The SMILES string of the molecule is O=C([OH2+])CC(CC(=O)[OH2+])([O][Ga])C(=O)[O-].[OH-]. The second-order valence-corrected chi connectivity index (χ2v) is 3.09. The molecule has 8 nitrogen and oxygen atoms in total. The minimum Gasteiger partial charge on any atom is -0.870 e. The van der Waals surface area contributed by atoms with Crippen LogP contribution in [-0.4, -0.2) is 58.2 Å². The Morgan fingerprint density at radius 3 is 1.67 bits per heavy atom. The summed E-state index contributed by atoms with van der Waals surface area (Å²) in [6, 6.07) is 0. The van der Waals surface area contributed by atoms with E-state index >= 15 is 0 Å². The Hall–Kier alpha value is -1.03. The zero-order chi connectivity index (χ0) is 11.4. The van der Waals surface area contributed by atoms with Gasteiger partial charge < -0.3 is 5.48 Å². The van der Waals surface area contributed by atoms with Gasteiger partial charge in [0.1, 0.15) is 0 Å². The molecule has 0 rings (SSSR count). The molecular formula is C6H9GaO8. The van der Waals surface area contributed by atoms with Gasteiger partial charge in [0.05, 0.1) is 0 Å². The van der Waals surface area contributed by atoms with Crippen molar-refractivity contribution >= 4 is 36.9 Å². The Morgan fingerprint density at radius 1 is 1.20 bits per heavy atom. The van der Waals surface area contributed by atoms with E-state index in [-0.39, 0.29) is 5.48 Å². The summed E-state index contributed by atoms with van der Waals surface area (Å²) in [6.45, 7) is 0. The minimum atomic E-state index is -2.16. The molecule has 0 unspecified atom stereocenters. The Balaban J connectivity index is 0. The van der Waals surface area contributed by atoms with Crippen molar-refractivity contribution in [1.29, 1.82) is 0 Å². The van der Waals surface area contributed by atoms with Crippen LogP contribution in [0.1, 0.15) is 12.8 Å². The summed E-state index contributed by atoms with van der Waals surface area (Å²) < 4.78 is 4.54. The molecule has 5 N–H and O–H groups in total. The smallest absolute Gasteiger partial charge is 0.870 e. The van der Waals surface area contributed by atoms with Crippen LogP contribution in [0.25, 0.3) is 0 Å². The van der Waals surface area contributed by atoms with Crippen LogP contribution < -0.4 is 5.11 Å². The van der Waals surface area contributed by atoms with Gasteiger partial charge in [-0.05, 0) is 0 Å². The first-order valence-electron chi connectivity index (χ1n) is 3.42. The van der Waals surface area contributed by atoms with Crippen LogP contribution in [0, 0.1) is 0 Å². The fourth-order valence-corrected chi connectivity index (χ4v) is 1.41. The molecule has 0 fully saturated rings. The molecule has 0 aliphatic heterocycles. The maximum atomic E-state index is 10.6. The van der Waals surface area contributed by atoms with E-state index < -0.39 is 36.4 Å². The van der Waals surface area contributed by atoms with Crippen molar-refractivity contribution in [1.82, 2.24) is 0 Å². The van der Waals surface area contributed by atoms with Gasteiger partial charge in [-0.1, -0.05) is 0 Å². The molecule has 84 valence electrons. The number of rotatable bonds is 6. The van der Waals surface area contributed by atoms with Gasteiger partial charge in [0, 0.05) is 0 Å². The first-order valence-corrected chi connectivity index (χ1v) is 4.41. The van der Waals surface area contributed by atoms with Crippen molar-refractivity contribution < 1.29 is 38.7 Å². The Morgan fingerprint density at radius 2 is 1.53 bits per heavy atom. The molecule has 0 bridgehead atoms. The van der Waals surface area contributed by atoms with E-state index in [0.29, 0.717) is 19.0 Å². The Labute approximate surface area is 94.5 Å². The number of aliphatic carboxylic acids is 1. The van der Waals surface area contributed by atoms with Gasteiger partial charge in [-0.15, -0.1) is 0 Å². The summed E-state index contributed by atoms with van der Waals surface area (Å²) in [6.07, 6.45) is -1.59. The molecule has 0 spiro atoms. The van der Waals surface area contributed by atoms with E-state index in [1.807, 2.05) is 0 Å². The number of carboxylic acids is 1. The zero-order valence-corrected chi connectivity index (χ0v) is 9.90. The Bertz CT molecular complexity index is 246. The average molecular weight is 279 g/mol. The number of hydrogen-bond donors (Lipinski definition) is 0. The van der Waals surface area contributed by atoms with Gasteiger partial charge in [-0.3, -0.25) is 0 Å². The standard InChI is InChI=1S/C6H7O7.Ga.H2O/c7-3(8)1-6(13,5(11)12)2-4(9)10;;/h1-2H2,(H,7,8)(H,9,10)(H,11,12);;1H2/q-1;+1;. The molecule has 0 aromatic carbocycles. The molecular weight excluding hydrogens is 270 g/mol. The van der Waals surface area contributed by atoms with Crippen molar-refractivity contribution in [3.63, 3.8) is 0 Å². The molecule has 0 aliphatic rings. The molecule has 2 radical (unpaired) electrons. The normalized spacial score (nSPS) is 10.1. The topological polar surface area (TPSA) is 159 Å². The average Bonchev–Trinajstić information content (AvgIpc) is 2.00. The molecule has 0 atom stereocenters. The van der Waals surface area contributed by atoms with Crippen molar-refractivity contribution in [2.24, 2.45) is 0 Å². The van der Waals surface area contributed by atoms with Crippen LogP contribution in [0.5, 0.6) is 0 Å². The van der Waals surface area contributed by atoms with E-state index in [4.69, 9.17) is 10.2 Å². The second-order valence-electron chi connectivity index (χ2n) is 2.60. The maximum Gasteiger partial charge on any atom is -0.870 e. The molecule has 0 aromatic rings. The fraction of sp³-hybridized carbons (Fsp3) is 0.500. The van der Waals surface area contributed by atoms with Crippen molar-refractivity contribution in [3.05, 3.63) is 0 Å². The second kappa shape index (κ2) is 6.45. The number of carbonyl (C=O) groups excluding carboxylic acids is 3. The van der Waals surface area contributed by atoms with E-state index in [0.717, 1.165) is 0 Å². The van der Waals surface area contributed by atoms with E-state index in [1.165, 1.54) is 0 Å².